The number of benzene rings is 1. The van der Waals surface area contributed by atoms with Gasteiger partial charge in [-0.2, -0.15) is 0 Å². The van der Waals surface area contributed by atoms with Gasteiger partial charge in [-0.3, -0.25) is 14.9 Å². The molecule has 4 nitrogen and oxygen atoms in total. The Hall–Kier alpha value is -1.71. The Labute approximate surface area is 75.3 Å². The van der Waals surface area contributed by atoms with Crippen LogP contribution in [0.15, 0.2) is 18.2 Å². The van der Waals surface area contributed by atoms with Gasteiger partial charge in [0.15, 0.2) is 0 Å². The smallest absolute Gasteiger partial charge is 0.269 e. The summed E-state index contributed by atoms with van der Waals surface area (Å²) < 4.78 is 0. The molecule has 0 saturated carbocycles. The minimum absolute atomic E-state index is 0.0300. The van der Waals surface area contributed by atoms with Crippen molar-refractivity contribution in [2.45, 2.75) is 6.42 Å². The van der Waals surface area contributed by atoms with Crippen molar-refractivity contribution in [1.82, 2.24) is 0 Å². The molecule has 2 radical (unpaired) electrons. The Morgan fingerprint density at radius 3 is 2.77 bits per heavy atom. The third-order valence-electron chi connectivity index (χ3n) is 1.66. The molecule has 0 atom stereocenters. The minimum Gasteiger partial charge on any atom is -0.291 e. The summed E-state index contributed by atoms with van der Waals surface area (Å²) in [5.74, 6) is 0. The summed E-state index contributed by atoms with van der Waals surface area (Å²) in [5.41, 5.74) is 1.14. The average Bonchev–Trinajstić information content (AvgIpc) is 2.08. The SMILES string of the molecule is [CH2]c1ccc([N+](=O)[O-])cc1C[C]=O. The van der Waals surface area contributed by atoms with Crippen LogP contribution < -0.4 is 0 Å². The van der Waals surface area contributed by atoms with Crippen LogP contribution in [0.3, 0.4) is 0 Å². The lowest BCUT2D eigenvalue weighted by atomic mass is 10.1. The Morgan fingerprint density at radius 2 is 2.23 bits per heavy atom. The first kappa shape index (κ1) is 9.38. The van der Waals surface area contributed by atoms with E-state index in [1.165, 1.54) is 18.2 Å². The summed E-state index contributed by atoms with van der Waals surface area (Å²) in [5, 5.41) is 10.4. The van der Waals surface area contributed by atoms with Crippen molar-refractivity contribution < 1.29 is 9.72 Å². The summed E-state index contributed by atoms with van der Waals surface area (Å²) in [4.78, 5) is 19.9. The molecule has 0 bridgehead atoms. The van der Waals surface area contributed by atoms with Crippen molar-refractivity contribution in [3.63, 3.8) is 0 Å². The zero-order valence-corrected chi connectivity index (χ0v) is 6.82. The van der Waals surface area contributed by atoms with E-state index in [1.807, 2.05) is 0 Å². The Morgan fingerprint density at radius 1 is 1.54 bits per heavy atom. The molecule has 0 aliphatic rings. The van der Waals surface area contributed by atoms with Gasteiger partial charge < -0.3 is 0 Å². The highest BCUT2D eigenvalue weighted by Crippen LogP contribution is 2.16. The largest absolute Gasteiger partial charge is 0.291 e. The summed E-state index contributed by atoms with van der Waals surface area (Å²) >= 11 is 0. The molecule has 1 aromatic rings. The first-order chi connectivity index (χ1) is 6.15. The fourth-order valence-corrected chi connectivity index (χ4v) is 0.968. The fourth-order valence-electron chi connectivity index (χ4n) is 0.968. The van der Waals surface area contributed by atoms with E-state index >= 15 is 0 Å². The van der Waals surface area contributed by atoms with Crippen molar-refractivity contribution in [3.05, 3.63) is 46.4 Å². The van der Waals surface area contributed by atoms with Crippen LogP contribution in [0.25, 0.3) is 0 Å². The lowest BCUT2D eigenvalue weighted by molar-refractivity contribution is -0.384. The second kappa shape index (κ2) is 3.80. The van der Waals surface area contributed by atoms with Gasteiger partial charge in [-0.15, -0.1) is 0 Å². The van der Waals surface area contributed by atoms with Crippen molar-refractivity contribution in [3.8, 4) is 0 Å². The normalized spacial score (nSPS) is 9.62. The van der Waals surface area contributed by atoms with E-state index in [1.54, 1.807) is 6.29 Å². The van der Waals surface area contributed by atoms with Crippen LogP contribution in [0.2, 0.25) is 0 Å². The van der Waals surface area contributed by atoms with E-state index in [2.05, 4.69) is 6.92 Å². The molecule has 66 valence electrons. The van der Waals surface area contributed by atoms with Gasteiger partial charge in [0.25, 0.3) is 5.69 Å². The molecule has 0 heterocycles. The van der Waals surface area contributed by atoms with Gasteiger partial charge >= 0.3 is 0 Å². The third-order valence-corrected chi connectivity index (χ3v) is 1.66. The monoisotopic (exact) mass is 177 g/mol. The number of nitro groups is 1. The van der Waals surface area contributed by atoms with Crippen LogP contribution >= 0.6 is 0 Å². The van der Waals surface area contributed by atoms with Gasteiger partial charge in [0, 0.05) is 18.6 Å². The van der Waals surface area contributed by atoms with Crippen LogP contribution in [-0.2, 0) is 11.2 Å². The van der Waals surface area contributed by atoms with Gasteiger partial charge in [-0.05, 0) is 18.1 Å². The maximum absolute atomic E-state index is 10.4. The Bertz CT molecular complexity index is 347. The van der Waals surface area contributed by atoms with Crippen molar-refractivity contribution in [2.24, 2.45) is 0 Å². The average molecular weight is 177 g/mol. The molecule has 0 spiro atoms. The molecule has 0 amide bonds. The van der Waals surface area contributed by atoms with Crippen LogP contribution in [0, 0.1) is 17.0 Å². The van der Waals surface area contributed by atoms with E-state index in [4.69, 9.17) is 0 Å². The van der Waals surface area contributed by atoms with Crippen LogP contribution in [0.5, 0.6) is 0 Å². The van der Waals surface area contributed by atoms with E-state index < -0.39 is 4.92 Å². The first-order valence-corrected chi connectivity index (χ1v) is 3.59. The summed E-state index contributed by atoms with van der Waals surface area (Å²) in [7, 11) is 0. The summed E-state index contributed by atoms with van der Waals surface area (Å²) in [6.45, 7) is 3.64. The number of nitrogens with zero attached hydrogens (tertiary/aromatic N) is 1. The highest BCUT2D eigenvalue weighted by atomic mass is 16.6. The minimum atomic E-state index is -0.506. The molecule has 0 aromatic heterocycles. The van der Waals surface area contributed by atoms with E-state index in [-0.39, 0.29) is 12.1 Å². The summed E-state index contributed by atoms with van der Waals surface area (Å²) in [6, 6.07) is 4.22. The first-order valence-electron chi connectivity index (χ1n) is 3.59. The molecular formula is C9H7NO3. The molecule has 1 aromatic carbocycles. The van der Waals surface area contributed by atoms with Crippen molar-refractivity contribution in [2.75, 3.05) is 0 Å². The van der Waals surface area contributed by atoms with Gasteiger partial charge in [0.2, 0.25) is 6.29 Å². The predicted molar refractivity (Wildman–Crippen MR) is 47.0 cm³/mol. The molecule has 1 rings (SSSR count). The zero-order valence-electron chi connectivity index (χ0n) is 6.82. The molecule has 0 fully saturated rings. The highest BCUT2D eigenvalue weighted by molar-refractivity contribution is 5.58. The molecule has 0 aliphatic heterocycles. The number of hydrogen-bond acceptors (Lipinski definition) is 3. The van der Waals surface area contributed by atoms with E-state index in [0.717, 1.165) is 0 Å². The van der Waals surface area contributed by atoms with Crippen LogP contribution in [0.4, 0.5) is 5.69 Å². The maximum atomic E-state index is 10.4. The number of nitro benzene ring substituents is 1. The zero-order chi connectivity index (χ0) is 9.84. The molecule has 13 heavy (non-hydrogen) atoms. The molecule has 0 N–H and O–H groups in total. The topological polar surface area (TPSA) is 60.2 Å². The van der Waals surface area contributed by atoms with Gasteiger partial charge in [-0.25, -0.2) is 0 Å². The van der Waals surface area contributed by atoms with Crippen molar-refractivity contribution >= 4 is 12.0 Å². The molecule has 4 heteroatoms. The van der Waals surface area contributed by atoms with Gasteiger partial charge in [-0.1, -0.05) is 6.07 Å². The lowest BCUT2D eigenvalue weighted by Gasteiger charge is -1.99. The molecule has 0 unspecified atom stereocenters. The van der Waals surface area contributed by atoms with Gasteiger partial charge in [0.1, 0.15) is 0 Å². The van der Waals surface area contributed by atoms with Gasteiger partial charge in [0.05, 0.1) is 4.92 Å². The van der Waals surface area contributed by atoms with E-state index in [0.29, 0.717) is 11.1 Å². The second-order valence-corrected chi connectivity index (χ2v) is 2.53. The highest BCUT2D eigenvalue weighted by Gasteiger charge is 2.07. The molecule has 0 aliphatic carbocycles. The second-order valence-electron chi connectivity index (χ2n) is 2.53. The maximum Gasteiger partial charge on any atom is 0.269 e. The summed E-state index contributed by atoms with van der Waals surface area (Å²) in [6.07, 6.45) is 1.72. The molecular weight excluding hydrogens is 170 g/mol. The van der Waals surface area contributed by atoms with E-state index in [9.17, 15) is 14.9 Å². The van der Waals surface area contributed by atoms with Crippen molar-refractivity contribution in [1.29, 1.82) is 0 Å². The standard InChI is InChI=1S/C9H7NO3/c1-7-2-3-9(10(12)13)6-8(7)4-5-11/h2-3,6H,1,4H2. The Kier molecular flexibility index (Phi) is 2.74. The lowest BCUT2D eigenvalue weighted by Crippen LogP contribution is -1.94. The van der Waals surface area contributed by atoms with Crippen LogP contribution in [-0.4, -0.2) is 11.2 Å². The quantitative estimate of drug-likeness (QED) is 0.518. The number of carbonyl (C=O) groups excluding carboxylic acids is 1. The third kappa shape index (κ3) is 2.11. The number of rotatable bonds is 3. The predicted octanol–water partition coefficient (Wildman–Crippen LogP) is 1.43. The molecule has 0 saturated heterocycles. The number of hydrogen-bond donors (Lipinski definition) is 0. The fraction of sp³-hybridized carbons (Fsp3) is 0.111. The van der Waals surface area contributed by atoms with Crippen LogP contribution in [0.1, 0.15) is 11.1 Å². The number of non-ortho nitro benzene ring substituents is 1. The Balaban J connectivity index is 3.10.